The van der Waals surface area contributed by atoms with Crippen molar-refractivity contribution in [3.63, 3.8) is 0 Å². The summed E-state index contributed by atoms with van der Waals surface area (Å²) in [7, 11) is 0. The lowest BCUT2D eigenvalue weighted by Crippen LogP contribution is -2.19. The lowest BCUT2D eigenvalue weighted by atomic mass is 9.99. The van der Waals surface area contributed by atoms with Gasteiger partial charge in [0.2, 0.25) is 0 Å². The zero-order chi connectivity index (χ0) is 11.8. The second-order valence-corrected chi connectivity index (χ2v) is 4.91. The molecule has 0 spiro atoms. The Morgan fingerprint density at radius 1 is 1.24 bits per heavy atom. The maximum atomic E-state index is 11.4. The average Bonchev–Trinajstić information content (AvgIpc) is 2.37. The fourth-order valence-electron chi connectivity index (χ4n) is 2.17. The van der Waals surface area contributed by atoms with Gasteiger partial charge in [0.15, 0.2) is 11.1 Å². The van der Waals surface area contributed by atoms with Crippen LogP contribution < -0.4 is 0 Å². The first kappa shape index (κ1) is 10.5. The number of hydrogen-bond acceptors (Lipinski definition) is 2. The first-order chi connectivity index (χ1) is 8.27. The van der Waals surface area contributed by atoms with E-state index in [9.17, 15) is 8.76 Å². The summed E-state index contributed by atoms with van der Waals surface area (Å²) < 4.78 is 20.8. The van der Waals surface area contributed by atoms with Crippen LogP contribution in [0.4, 0.5) is 0 Å². The number of allylic oxidation sites excluding steroid dienone is 2. The van der Waals surface area contributed by atoms with Crippen molar-refractivity contribution in [1.82, 2.24) is 4.90 Å². The molecule has 1 N–H and O–H groups in total. The van der Waals surface area contributed by atoms with Crippen LogP contribution in [-0.2, 0) is 11.1 Å². The van der Waals surface area contributed by atoms with Crippen LogP contribution in [0.1, 0.15) is 17.5 Å². The van der Waals surface area contributed by atoms with E-state index in [4.69, 9.17) is 0 Å². The first-order valence-corrected chi connectivity index (χ1v) is 6.44. The number of benzene rings is 1. The van der Waals surface area contributed by atoms with Crippen LogP contribution in [0.3, 0.4) is 0 Å². The minimum atomic E-state index is -1.92. The fourth-order valence-corrected chi connectivity index (χ4v) is 2.79. The third-order valence-corrected chi connectivity index (χ3v) is 3.71. The van der Waals surface area contributed by atoms with Gasteiger partial charge in [0.05, 0.1) is 10.6 Å². The molecule has 0 saturated carbocycles. The van der Waals surface area contributed by atoms with Crippen LogP contribution >= 0.6 is 0 Å². The molecule has 1 aromatic rings. The molecule has 0 radical (unpaired) electrons. The summed E-state index contributed by atoms with van der Waals surface area (Å²) >= 11 is -1.92. The molecular weight excluding hydrogens is 234 g/mol. The Balaban J connectivity index is 2.26. The molecular formula is C13H11NO2S. The molecule has 1 unspecified atom stereocenters. The second-order valence-electron chi connectivity index (χ2n) is 3.92. The van der Waals surface area contributed by atoms with Gasteiger partial charge in [-0.2, -0.15) is 0 Å². The molecule has 3 nitrogen and oxygen atoms in total. The van der Waals surface area contributed by atoms with Gasteiger partial charge in [-0.15, -0.1) is 0 Å². The van der Waals surface area contributed by atoms with E-state index in [-0.39, 0.29) is 0 Å². The Hall–Kier alpha value is -1.65. The highest BCUT2D eigenvalue weighted by Gasteiger charge is 2.24. The van der Waals surface area contributed by atoms with Gasteiger partial charge in [0, 0.05) is 24.4 Å². The third kappa shape index (κ3) is 1.66. The van der Waals surface area contributed by atoms with Crippen LogP contribution in [0, 0.1) is 0 Å². The standard InChI is InChI=1S/C13H11NO2S/c15-17(16)12-6-3-8-14-9-7-10-4-1-2-5-11(10)13(12)14/h1-5,7-9H,6H2,(H,15,16). The summed E-state index contributed by atoms with van der Waals surface area (Å²) in [6.45, 7) is 0. The highest BCUT2D eigenvalue weighted by Crippen LogP contribution is 2.36. The van der Waals surface area contributed by atoms with Crippen molar-refractivity contribution in [1.29, 1.82) is 0 Å². The fraction of sp³-hybridized carbons (Fsp3) is 0.0769. The van der Waals surface area contributed by atoms with Gasteiger partial charge in [0.1, 0.15) is 0 Å². The van der Waals surface area contributed by atoms with Crippen LogP contribution in [0.25, 0.3) is 11.8 Å². The van der Waals surface area contributed by atoms with E-state index in [0.29, 0.717) is 11.3 Å². The van der Waals surface area contributed by atoms with Gasteiger partial charge in [-0.05, 0) is 11.6 Å². The van der Waals surface area contributed by atoms with Crippen molar-refractivity contribution >= 4 is 22.9 Å². The summed E-state index contributed by atoms with van der Waals surface area (Å²) in [5, 5.41) is 0. The van der Waals surface area contributed by atoms with Gasteiger partial charge in [-0.25, -0.2) is 4.21 Å². The van der Waals surface area contributed by atoms with Crippen LogP contribution in [0.2, 0.25) is 0 Å². The SMILES string of the molecule is O=S(O)C1=C2c3ccccc3C=CN2C=CC1. The molecule has 1 atom stereocenters. The maximum Gasteiger partial charge on any atom is 0.184 e. The quantitative estimate of drug-likeness (QED) is 0.773. The molecule has 0 amide bonds. The topological polar surface area (TPSA) is 40.5 Å². The molecule has 86 valence electrons. The smallest absolute Gasteiger partial charge is 0.184 e. The van der Waals surface area contributed by atoms with Gasteiger partial charge in [-0.3, -0.25) is 0 Å². The van der Waals surface area contributed by atoms with Gasteiger partial charge >= 0.3 is 0 Å². The van der Waals surface area contributed by atoms with E-state index in [1.54, 1.807) is 0 Å². The van der Waals surface area contributed by atoms with Gasteiger partial charge in [-0.1, -0.05) is 30.3 Å². The Labute approximate surface area is 102 Å². The molecule has 2 aliphatic rings. The molecule has 3 rings (SSSR count). The molecule has 2 aliphatic heterocycles. The molecule has 0 aliphatic carbocycles. The molecule has 2 heterocycles. The van der Waals surface area contributed by atoms with Crippen molar-refractivity contribution in [3.05, 3.63) is 58.8 Å². The Kier molecular flexibility index (Phi) is 2.46. The van der Waals surface area contributed by atoms with E-state index in [2.05, 4.69) is 0 Å². The number of nitrogens with zero attached hydrogens (tertiary/aromatic N) is 1. The Morgan fingerprint density at radius 3 is 2.88 bits per heavy atom. The Morgan fingerprint density at radius 2 is 2.06 bits per heavy atom. The van der Waals surface area contributed by atoms with Crippen molar-refractivity contribution in [2.45, 2.75) is 6.42 Å². The minimum Gasteiger partial charge on any atom is -0.323 e. The lowest BCUT2D eigenvalue weighted by Gasteiger charge is -2.29. The number of fused-ring (bicyclic) bond motifs is 3. The molecule has 0 fully saturated rings. The van der Waals surface area contributed by atoms with Crippen LogP contribution in [0.5, 0.6) is 0 Å². The van der Waals surface area contributed by atoms with Crippen molar-refractivity contribution in [2.24, 2.45) is 0 Å². The van der Waals surface area contributed by atoms with Crippen molar-refractivity contribution in [3.8, 4) is 0 Å². The predicted octanol–water partition coefficient (Wildman–Crippen LogP) is 2.78. The monoisotopic (exact) mass is 245 g/mol. The van der Waals surface area contributed by atoms with E-state index < -0.39 is 11.1 Å². The second kappa shape index (κ2) is 3.98. The van der Waals surface area contributed by atoms with Crippen molar-refractivity contribution < 1.29 is 8.76 Å². The number of rotatable bonds is 1. The summed E-state index contributed by atoms with van der Waals surface area (Å²) in [5.41, 5.74) is 2.93. The van der Waals surface area contributed by atoms with E-state index in [1.165, 1.54) is 0 Å². The van der Waals surface area contributed by atoms with Crippen LogP contribution in [0.15, 0.2) is 47.6 Å². The van der Waals surface area contributed by atoms with E-state index in [1.807, 2.05) is 53.7 Å². The highest BCUT2D eigenvalue weighted by atomic mass is 32.2. The summed E-state index contributed by atoms with van der Waals surface area (Å²) in [5.74, 6) is 0. The largest absolute Gasteiger partial charge is 0.323 e. The maximum absolute atomic E-state index is 11.4. The summed E-state index contributed by atoms with van der Waals surface area (Å²) in [6.07, 6.45) is 8.27. The normalized spacial score (nSPS) is 19.0. The minimum absolute atomic E-state index is 0.525. The van der Waals surface area contributed by atoms with Gasteiger partial charge in [0.25, 0.3) is 0 Å². The third-order valence-electron chi connectivity index (χ3n) is 2.93. The van der Waals surface area contributed by atoms with Crippen molar-refractivity contribution in [2.75, 3.05) is 0 Å². The Bertz CT molecular complexity index is 587. The lowest BCUT2D eigenvalue weighted by molar-refractivity contribution is 0.568. The molecule has 17 heavy (non-hydrogen) atoms. The highest BCUT2D eigenvalue weighted by molar-refractivity contribution is 7.83. The van der Waals surface area contributed by atoms with E-state index in [0.717, 1.165) is 16.8 Å². The average molecular weight is 245 g/mol. The summed E-state index contributed by atoms with van der Waals surface area (Å²) in [4.78, 5) is 2.46. The molecule has 0 bridgehead atoms. The number of hydrogen-bond donors (Lipinski definition) is 1. The molecule has 0 saturated heterocycles. The molecule has 1 aromatic carbocycles. The zero-order valence-electron chi connectivity index (χ0n) is 9.04. The predicted molar refractivity (Wildman–Crippen MR) is 68.8 cm³/mol. The van der Waals surface area contributed by atoms with Crippen LogP contribution in [-0.4, -0.2) is 13.7 Å². The van der Waals surface area contributed by atoms with Gasteiger partial charge < -0.3 is 9.45 Å². The first-order valence-electron chi connectivity index (χ1n) is 5.34. The van der Waals surface area contributed by atoms with E-state index >= 15 is 0 Å². The molecule has 4 heteroatoms. The zero-order valence-corrected chi connectivity index (χ0v) is 9.85. The molecule has 0 aromatic heterocycles. The summed E-state index contributed by atoms with van der Waals surface area (Å²) in [6, 6.07) is 7.90.